The number of alkyl halides is 3. The topological polar surface area (TPSA) is 110 Å². The average Bonchev–Trinajstić information content (AvgIpc) is 2.59. The number of esters is 1. The van der Waals surface area contributed by atoms with Crippen molar-refractivity contribution in [2.45, 2.75) is 18.6 Å². The Morgan fingerprint density at radius 1 is 1.22 bits per heavy atom. The van der Waals surface area contributed by atoms with Gasteiger partial charge in [0.1, 0.15) is 6.04 Å². The molecular formula is C17H21F3N2O5. The summed E-state index contributed by atoms with van der Waals surface area (Å²) in [5.41, 5.74) is 7.55. The molecule has 27 heavy (non-hydrogen) atoms. The quantitative estimate of drug-likeness (QED) is 0.582. The Kier molecular flexibility index (Phi) is 9.80. The second kappa shape index (κ2) is 11.0. The standard InChI is InChI=1S/C15H20N2O3.C2HF3O2/c1-17(2)14(18)9-8-11-4-6-12(7-5-11)10-13(16)15(19)20-3;3-2(4,5)1(6)7/h4-9,13H,10,16H2,1-3H3;(H,6,7)/t13-;/m0./s1. The highest BCUT2D eigenvalue weighted by atomic mass is 19.4. The minimum absolute atomic E-state index is 0.0678. The van der Waals surface area contributed by atoms with Crippen LogP contribution in [0.2, 0.25) is 0 Å². The molecule has 0 spiro atoms. The van der Waals surface area contributed by atoms with Crippen LogP contribution in [0.5, 0.6) is 0 Å². The summed E-state index contributed by atoms with van der Waals surface area (Å²) in [6.07, 6.45) is -1.41. The number of carboxylic acids is 1. The SMILES string of the molecule is COC(=O)[C@@H](N)Cc1ccc(C=CC(=O)N(C)C)cc1.O=C(O)C(F)(F)F. The van der Waals surface area contributed by atoms with E-state index in [9.17, 15) is 22.8 Å². The van der Waals surface area contributed by atoms with Crippen LogP contribution in [-0.2, 0) is 25.5 Å². The second-order valence-corrected chi connectivity index (χ2v) is 5.44. The van der Waals surface area contributed by atoms with Gasteiger partial charge in [0.15, 0.2) is 0 Å². The third kappa shape index (κ3) is 10.00. The van der Waals surface area contributed by atoms with Gasteiger partial charge in [0.05, 0.1) is 7.11 Å². The summed E-state index contributed by atoms with van der Waals surface area (Å²) in [6, 6.07) is 6.85. The Morgan fingerprint density at radius 2 is 1.70 bits per heavy atom. The zero-order valence-electron chi connectivity index (χ0n) is 15.0. The molecule has 0 radical (unpaired) electrons. The lowest BCUT2D eigenvalue weighted by Crippen LogP contribution is -2.33. The summed E-state index contributed by atoms with van der Waals surface area (Å²) in [7, 11) is 4.71. The molecule has 0 aliphatic rings. The maximum Gasteiger partial charge on any atom is 0.490 e. The minimum atomic E-state index is -5.08. The molecule has 1 rings (SSSR count). The fourth-order valence-corrected chi connectivity index (χ4v) is 1.57. The van der Waals surface area contributed by atoms with Gasteiger partial charge in [-0.15, -0.1) is 0 Å². The number of likely N-dealkylation sites (N-methyl/N-ethyl adjacent to an activating group) is 1. The first-order valence-corrected chi connectivity index (χ1v) is 7.50. The molecule has 10 heteroatoms. The fraction of sp³-hybridized carbons (Fsp3) is 0.353. The highest BCUT2D eigenvalue weighted by molar-refractivity contribution is 5.91. The van der Waals surface area contributed by atoms with Crippen LogP contribution in [0.1, 0.15) is 11.1 Å². The molecule has 0 bridgehead atoms. The molecule has 1 aromatic rings. The Bertz CT molecular complexity index is 670. The lowest BCUT2D eigenvalue weighted by atomic mass is 10.0. The number of nitrogens with zero attached hydrogens (tertiary/aromatic N) is 1. The number of aliphatic carboxylic acids is 1. The van der Waals surface area contributed by atoms with Crippen LogP contribution in [0.15, 0.2) is 30.3 Å². The van der Waals surface area contributed by atoms with Crippen molar-refractivity contribution in [1.29, 1.82) is 0 Å². The number of rotatable bonds is 5. The summed E-state index contributed by atoms with van der Waals surface area (Å²) in [5.74, 6) is -3.25. The molecule has 150 valence electrons. The number of carbonyl (C=O) groups excluding carboxylic acids is 2. The third-order valence-corrected chi connectivity index (χ3v) is 3.04. The van der Waals surface area contributed by atoms with Gasteiger partial charge in [-0.05, 0) is 23.6 Å². The lowest BCUT2D eigenvalue weighted by Gasteiger charge is -2.09. The molecule has 3 N–H and O–H groups in total. The maximum absolute atomic E-state index is 11.4. The minimum Gasteiger partial charge on any atom is -0.475 e. The van der Waals surface area contributed by atoms with E-state index in [1.807, 2.05) is 24.3 Å². The number of hydrogen-bond acceptors (Lipinski definition) is 5. The first-order valence-electron chi connectivity index (χ1n) is 7.50. The number of halogens is 3. The Hall–Kier alpha value is -2.88. The fourth-order valence-electron chi connectivity index (χ4n) is 1.57. The van der Waals surface area contributed by atoms with Gasteiger partial charge in [-0.25, -0.2) is 4.79 Å². The van der Waals surface area contributed by atoms with Gasteiger partial charge in [-0.1, -0.05) is 24.3 Å². The van der Waals surface area contributed by atoms with Crippen LogP contribution in [0.4, 0.5) is 13.2 Å². The lowest BCUT2D eigenvalue weighted by molar-refractivity contribution is -0.192. The van der Waals surface area contributed by atoms with Crippen molar-refractivity contribution in [2.75, 3.05) is 21.2 Å². The summed E-state index contributed by atoms with van der Waals surface area (Å²) < 4.78 is 36.3. The molecule has 0 aliphatic carbocycles. The summed E-state index contributed by atoms with van der Waals surface area (Å²) in [4.78, 5) is 33.0. The molecule has 0 aliphatic heterocycles. The first-order chi connectivity index (χ1) is 12.4. The summed E-state index contributed by atoms with van der Waals surface area (Å²) in [6.45, 7) is 0. The van der Waals surface area contributed by atoms with Crippen molar-refractivity contribution in [1.82, 2.24) is 4.90 Å². The predicted octanol–water partition coefficient (Wildman–Crippen LogP) is 1.46. The monoisotopic (exact) mass is 390 g/mol. The molecule has 7 nitrogen and oxygen atoms in total. The molecule has 1 aromatic carbocycles. The molecule has 1 amide bonds. The van der Waals surface area contributed by atoms with Crippen molar-refractivity contribution in [3.8, 4) is 0 Å². The van der Waals surface area contributed by atoms with E-state index in [0.717, 1.165) is 11.1 Å². The third-order valence-electron chi connectivity index (χ3n) is 3.04. The molecule has 0 saturated heterocycles. The van der Waals surface area contributed by atoms with Crippen LogP contribution >= 0.6 is 0 Å². The number of ether oxygens (including phenoxy) is 1. The van der Waals surface area contributed by atoms with Gasteiger partial charge >= 0.3 is 18.1 Å². The Labute approximate surface area is 154 Å². The Balaban J connectivity index is 0.000000821. The largest absolute Gasteiger partial charge is 0.490 e. The molecule has 0 fully saturated rings. The van der Waals surface area contributed by atoms with Crippen molar-refractivity contribution >= 4 is 23.9 Å². The smallest absolute Gasteiger partial charge is 0.475 e. The van der Waals surface area contributed by atoms with Gasteiger partial charge in [0.2, 0.25) is 5.91 Å². The van der Waals surface area contributed by atoms with Crippen LogP contribution < -0.4 is 5.73 Å². The van der Waals surface area contributed by atoms with E-state index in [2.05, 4.69) is 4.74 Å². The van der Waals surface area contributed by atoms with E-state index in [4.69, 9.17) is 15.6 Å². The van der Waals surface area contributed by atoms with Gasteiger partial charge < -0.3 is 20.5 Å². The number of nitrogens with two attached hydrogens (primary N) is 1. The van der Waals surface area contributed by atoms with Gasteiger partial charge in [0.25, 0.3) is 0 Å². The molecule has 0 unspecified atom stereocenters. The zero-order chi connectivity index (χ0) is 21.2. The van der Waals surface area contributed by atoms with Crippen molar-refractivity contribution in [3.05, 3.63) is 41.5 Å². The van der Waals surface area contributed by atoms with Crippen LogP contribution in [0.25, 0.3) is 6.08 Å². The zero-order valence-corrected chi connectivity index (χ0v) is 15.0. The summed E-state index contributed by atoms with van der Waals surface area (Å²) in [5, 5.41) is 7.12. The van der Waals surface area contributed by atoms with Gasteiger partial charge in [0, 0.05) is 20.2 Å². The van der Waals surface area contributed by atoms with Gasteiger partial charge in [-0.2, -0.15) is 13.2 Å². The number of carbonyl (C=O) groups is 3. The van der Waals surface area contributed by atoms with Crippen LogP contribution in [0.3, 0.4) is 0 Å². The molecule has 0 saturated carbocycles. The van der Waals surface area contributed by atoms with Gasteiger partial charge in [-0.3, -0.25) is 9.59 Å². The van der Waals surface area contributed by atoms with Crippen molar-refractivity contribution in [3.63, 3.8) is 0 Å². The molecular weight excluding hydrogens is 369 g/mol. The average molecular weight is 390 g/mol. The normalized spacial score (nSPS) is 12.0. The number of carboxylic acid groups (broad SMARTS) is 1. The van der Waals surface area contributed by atoms with Crippen molar-refractivity contribution in [2.24, 2.45) is 5.73 Å². The Morgan fingerprint density at radius 3 is 2.07 bits per heavy atom. The number of methoxy groups -OCH3 is 1. The van der Waals surface area contributed by atoms with E-state index < -0.39 is 24.2 Å². The highest BCUT2D eigenvalue weighted by Gasteiger charge is 2.38. The number of benzene rings is 1. The maximum atomic E-state index is 11.4. The molecule has 0 heterocycles. The predicted molar refractivity (Wildman–Crippen MR) is 91.6 cm³/mol. The van der Waals surface area contributed by atoms with Crippen molar-refractivity contribution < 1.29 is 37.4 Å². The van der Waals surface area contributed by atoms with E-state index in [1.54, 1.807) is 20.2 Å². The number of hydrogen-bond donors (Lipinski definition) is 2. The second-order valence-electron chi connectivity index (χ2n) is 5.44. The number of amides is 1. The van der Waals surface area contributed by atoms with Crippen LogP contribution in [0, 0.1) is 0 Å². The van der Waals surface area contributed by atoms with E-state index >= 15 is 0 Å². The van der Waals surface area contributed by atoms with Crippen LogP contribution in [-0.4, -0.2) is 61.3 Å². The highest BCUT2D eigenvalue weighted by Crippen LogP contribution is 2.13. The molecule has 0 aromatic heterocycles. The molecule has 1 atom stereocenters. The van der Waals surface area contributed by atoms with E-state index in [0.29, 0.717) is 6.42 Å². The van der Waals surface area contributed by atoms with E-state index in [1.165, 1.54) is 18.1 Å². The van der Waals surface area contributed by atoms with E-state index in [-0.39, 0.29) is 5.91 Å². The summed E-state index contributed by atoms with van der Waals surface area (Å²) >= 11 is 0. The first kappa shape index (κ1) is 24.1.